The Bertz CT molecular complexity index is 1190. The molecule has 2 N–H and O–H groups in total. The monoisotopic (exact) mass is 472 g/mol. The van der Waals surface area contributed by atoms with E-state index in [0.717, 1.165) is 11.8 Å². The van der Waals surface area contributed by atoms with Gasteiger partial charge in [-0.2, -0.15) is 0 Å². The molecule has 1 saturated heterocycles. The van der Waals surface area contributed by atoms with E-state index in [-0.39, 0.29) is 0 Å². The molecule has 9 heteroatoms. The number of sulfonamides is 1. The van der Waals surface area contributed by atoms with Crippen LogP contribution in [-0.2, 0) is 14.8 Å². The van der Waals surface area contributed by atoms with E-state index in [0.29, 0.717) is 22.1 Å². The molecule has 0 radical (unpaired) electrons. The van der Waals surface area contributed by atoms with Crippen LogP contribution in [0, 0.1) is 0 Å². The molecule has 0 saturated carbocycles. The molecule has 32 heavy (non-hydrogen) atoms. The number of hydrogen-bond donors (Lipinski definition) is 2. The molecule has 0 aromatic heterocycles. The summed E-state index contributed by atoms with van der Waals surface area (Å²) in [6.07, 6.45) is -0.325. The van der Waals surface area contributed by atoms with E-state index in [1.165, 1.54) is 0 Å². The fourth-order valence-electron chi connectivity index (χ4n) is 3.57. The van der Waals surface area contributed by atoms with Gasteiger partial charge < -0.3 is 14.8 Å². The van der Waals surface area contributed by atoms with Gasteiger partial charge in [0.2, 0.25) is 10.0 Å². The number of cyclic esters (lactones) is 1. The molecule has 0 aliphatic carbocycles. The van der Waals surface area contributed by atoms with Crippen LogP contribution in [0.5, 0.6) is 11.5 Å². The van der Waals surface area contributed by atoms with Crippen LogP contribution in [0.3, 0.4) is 0 Å². The standard InChI is InChI=1S/C23H21ClN2O5S/c1-32(28,29)26-21(22-20(25-23(27)31-22)15-5-3-2-4-6-15)16-7-11-18(12-8-16)30-19-13-9-17(24)10-14-19/h2-14,20-22,26H,1H3,(H,25,27)/t20-,21?,22-/m0/s1. The highest BCUT2D eigenvalue weighted by atomic mass is 35.5. The number of amides is 1. The molecule has 1 unspecified atom stereocenters. The average Bonchev–Trinajstić information content (AvgIpc) is 3.16. The second kappa shape index (κ2) is 9.20. The Hall–Kier alpha value is -3.07. The normalized spacial score (nSPS) is 19.1. The average molecular weight is 473 g/mol. The lowest BCUT2D eigenvalue weighted by atomic mass is 9.93. The highest BCUT2D eigenvalue weighted by Gasteiger charge is 2.42. The molecule has 3 atom stereocenters. The van der Waals surface area contributed by atoms with Crippen LogP contribution >= 0.6 is 11.6 Å². The van der Waals surface area contributed by atoms with Gasteiger partial charge in [-0.3, -0.25) is 0 Å². The number of alkyl carbamates (subject to hydrolysis) is 1. The summed E-state index contributed by atoms with van der Waals surface area (Å²) in [7, 11) is -3.61. The minimum absolute atomic E-state index is 0.520. The van der Waals surface area contributed by atoms with Crippen LogP contribution in [0.1, 0.15) is 23.2 Å². The van der Waals surface area contributed by atoms with Crippen molar-refractivity contribution in [1.82, 2.24) is 10.0 Å². The summed E-state index contributed by atoms with van der Waals surface area (Å²) in [6.45, 7) is 0. The van der Waals surface area contributed by atoms with Crippen molar-refractivity contribution in [2.45, 2.75) is 18.2 Å². The third kappa shape index (κ3) is 5.40. The minimum atomic E-state index is -3.61. The van der Waals surface area contributed by atoms with Gasteiger partial charge >= 0.3 is 6.09 Å². The Morgan fingerprint density at radius 3 is 2.16 bits per heavy atom. The van der Waals surface area contributed by atoms with Crippen LogP contribution in [0.4, 0.5) is 4.79 Å². The molecule has 0 spiro atoms. The first kappa shape index (κ1) is 22.1. The number of carbonyl (C=O) groups excluding carboxylic acids is 1. The molecule has 1 fully saturated rings. The predicted molar refractivity (Wildman–Crippen MR) is 121 cm³/mol. The molecule has 3 aromatic carbocycles. The number of nitrogens with one attached hydrogen (secondary N) is 2. The molecule has 1 aliphatic heterocycles. The number of halogens is 1. The van der Waals surface area contributed by atoms with Crippen LogP contribution < -0.4 is 14.8 Å². The van der Waals surface area contributed by atoms with Crippen LogP contribution in [0.25, 0.3) is 0 Å². The quantitative estimate of drug-likeness (QED) is 0.525. The van der Waals surface area contributed by atoms with Gasteiger partial charge in [0.1, 0.15) is 17.6 Å². The maximum absolute atomic E-state index is 12.1. The number of carbonyl (C=O) groups is 1. The van der Waals surface area contributed by atoms with Crippen molar-refractivity contribution in [2.24, 2.45) is 0 Å². The van der Waals surface area contributed by atoms with Gasteiger partial charge in [0.05, 0.1) is 18.3 Å². The Labute approximate surface area is 191 Å². The third-order valence-corrected chi connectivity index (χ3v) is 5.90. The van der Waals surface area contributed by atoms with E-state index in [1.54, 1.807) is 48.5 Å². The van der Waals surface area contributed by atoms with Gasteiger partial charge in [0, 0.05) is 5.02 Å². The lowest BCUT2D eigenvalue weighted by molar-refractivity contribution is 0.110. The van der Waals surface area contributed by atoms with Crippen molar-refractivity contribution in [3.8, 4) is 11.5 Å². The maximum atomic E-state index is 12.1. The summed E-state index contributed by atoms with van der Waals surface area (Å²) in [5.74, 6) is 1.18. The van der Waals surface area contributed by atoms with Gasteiger partial charge in [-0.1, -0.05) is 54.1 Å². The molecule has 1 amide bonds. The Morgan fingerprint density at radius 2 is 1.56 bits per heavy atom. The highest BCUT2D eigenvalue weighted by Crippen LogP contribution is 2.35. The largest absolute Gasteiger partial charge is 0.457 e. The zero-order valence-electron chi connectivity index (χ0n) is 17.1. The van der Waals surface area contributed by atoms with Gasteiger partial charge in [-0.15, -0.1) is 0 Å². The molecular formula is C23H21ClN2O5S. The van der Waals surface area contributed by atoms with Crippen LogP contribution in [0.15, 0.2) is 78.9 Å². The molecule has 1 heterocycles. The molecular weight excluding hydrogens is 452 g/mol. The fraction of sp³-hybridized carbons (Fsp3) is 0.174. The first-order chi connectivity index (χ1) is 15.3. The van der Waals surface area contributed by atoms with Crippen molar-refractivity contribution in [3.63, 3.8) is 0 Å². The van der Waals surface area contributed by atoms with E-state index in [1.807, 2.05) is 30.3 Å². The fourth-order valence-corrected chi connectivity index (χ4v) is 4.42. The van der Waals surface area contributed by atoms with E-state index >= 15 is 0 Å². The SMILES string of the molecule is CS(=O)(=O)NC(c1ccc(Oc2ccc(Cl)cc2)cc1)[C@H]1OC(=O)N[C@H]1c1ccccc1. The lowest BCUT2D eigenvalue weighted by Crippen LogP contribution is -2.39. The third-order valence-electron chi connectivity index (χ3n) is 4.96. The van der Waals surface area contributed by atoms with E-state index in [4.69, 9.17) is 21.1 Å². The summed E-state index contributed by atoms with van der Waals surface area (Å²) in [4.78, 5) is 12.1. The number of benzene rings is 3. The van der Waals surface area contributed by atoms with E-state index in [9.17, 15) is 13.2 Å². The summed E-state index contributed by atoms with van der Waals surface area (Å²) >= 11 is 5.90. The minimum Gasteiger partial charge on any atom is -0.457 e. The maximum Gasteiger partial charge on any atom is 0.408 e. The zero-order valence-corrected chi connectivity index (χ0v) is 18.6. The first-order valence-electron chi connectivity index (χ1n) is 9.81. The van der Waals surface area contributed by atoms with E-state index in [2.05, 4.69) is 10.0 Å². The highest BCUT2D eigenvalue weighted by molar-refractivity contribution is 7.88. The molecule has 166 valence electrons. The topological polar surface area (TPSA) is 93.7 Å². The van der Waals surface area contributed by atoms with Crippen molar-refractivity contribution < 1.29 is 22.7 Å². The summed E-state index contributed by atoms with van der Waals surface area (Å²) in [5, 5.41) is 3.38. The molecule has 1 aliphatic rings. The number of rotatable bonds is 7. The van der Waals surface area contributed by atoms with Crippen molar-refractivity contribution in [1.29, 1.82) is 0 Å². The smallest absolute Gasteiger partial charge is 0.408 e. The number of hydrogen-bond acceptors (Lipinski definition) is 5. The summed E-state index contributed by atoms with van der Waals surface area (Å²) in [5.41, 5.74) is 1.44. The Kier molecular flexibility index (Phi) is 6.36. The summed E-state index contributed by atoms with van der Waals surface area (Å²) in [6, 6.07) is 21.8. The predicted octanol–water partition coefficient (Wildman–Crippen LogP) is 4.57. The molecule has 7 nitrogen and oxygen atoms in total. The molecule has 4 rings (SSSR count). The first-order valence-corrected chi connectivity index (χ1v) is 12.1. The van der Waals surface area contributed by atoms with Crippen molar-refractivity contribution in [2.75, 3.05) is 6.26 Å². The second-order valence-corrected chi connectivity index (χ2v) is 9.61. The van der Waals surface area contributed by atoms with Crippen LogP contribution in [0.2, 0.25) is 5.02 Å². The van der Waals surface area contributed by atoms with Gasteiger partial charge in [-0.25, -0.2) is 17.9 Å². The van der Waals surface area contributed by atoms with Gasteiger partial charge in [-0.05, 0) is 47.5 Å². The van der Waals surface area contributed by atoms with E-state index < -0.39 is 34.3 Å². The molecule has 0 bridgehead atoms. The van der Waals surface area contributed by atoms with Gasteiger partial charge in [0.25, 0.3) is 0 Å². The van der Waals surface area contributed by atoms with Crippen LogP contribution in [-0.4, -0.2) is 26.9 Å². The van der Waals surface area contributed by atoms with Crippen molar-refractivity contribution >= 4 is 27.7 Å². The second-order valence-electron chi connectivity index (χ2n) is 7.40. The number of ether oxygens (including phenoxy) is 2. The lowest BCUT2D eigenvalue weighted by Gasteiger charge is -2.27. The van der Waals surface area contributed by atoms with Gasteiger partial charge in [0.15, 0.2) is 0 Å². The Morgan fingerprint density at radius 1 is 0.969 bits per heavy atom. The zero-order chi connectivity index (χ0) is 22.7. The van der Waals surface area contributed by atoms with Crippen molar-refractivity contribution in [3.05, 3.63) is 95.0 Å². The molecule has 3 aromatic rings. The Balaban J connectivity index is 1.62. The summed E-state index contributed by atoms with van der Waals surface area (Å²) < 4.78 is 38.2.